The molecule has 0 saturated heterocycles. The van der Waals surface area contributed by atoms with Gasteiger partial charge in [0.2, 0.25) is 5.82 Å². The predicted octanol–water partition coefficient (Wildman–Crippen LogP) is 2.54. The molecule has 0 aliphatic carbocycles. The van der Waals surface area contributed by atoms with Crippen LogP contribution in [0.4, 0.5) is 10.1 Å². The number of halogens is 1. The van der Waals surface area contributed by atoms with Crippen LogP contribution in [-0.4, -0.2) is 24.2 Å². The average Bonchev–Trinajstić information content (AvgIpc) is 2.23. The first-order valence-electron chi connectivity index (χ1n) is 5.19. The van der Waals surface area contributed by atoms with E-state index in [2.05, 4.69) is 0 Å². The third kappa shape index (κ3) is 3.99. The van der Waals surface area contributed by atoms with E-state index in [9.17, 15) is 14.5 Å². The fourth-order valence-corrected chi connectivity index (χ4v) is 1.22. The average molecular weight is 243 g/mol. The molecule has 1 aromatic carbocycles. The van der Waals surface area contributed by atoms with Crippen LogP contribution in [0.3, 0.4) is 0 Å². The zero-order valence-corrected chi connectivity index (χ0v) is 9.68. The number of nitrogens with zero attached hydrogens (tertiary/aromatic N) is 1. The first-order chi connectivity index (χ1) is 8.02. The van der Waals surface area contributed by atoms with Gasteiger partial charge in [-0.2, -0.15) is 4.39 Å². The summed E-state index contributed by atoms with van der Waals surface area (Å²) in [6.07, 6.45) is 0.0566. The van der Waals surface area contributed by atoms with Crippen LogP contribution >= 0.6 is 0 Å². The monoisotopic (exact) mass is 243 g/mol. The smallest absolute Gasteiger partial charge is 0.346 e. The Balaban J connectivity index is 2.64. The largest absolute Gasteiger partial charge is 0.484 e. The number of benzene rings is 1. The highest BCUT2D eigenvalue weighted by molar-refractivity contribution is 5.47. The van der Waals surface area contributed by atoms with E-state index in [4.69, 9.17) is 9.47 Å². The number of rotatable bonds is 6. The molecule has 0 aliphatic rings. The summed E-state index contributed by atoms with van der Waals surface area (Å²) in [4.78, 5) is 9.84. The number of nitro benzene ring substituents is 1. The first-order valence-corrected chi connectivity index (χ1v) is 5.19. The minimum absolute atomic E-state index is 0.0566. The van der Waals surface area contributed by atoms with Gasteiger partial charge in [-0.05, 0) is 26.0 Å². The second-order valence-corrected chi connectivity index (χ2v) is 3.61. The van der Waals surface area contributed by atoms with Crippen molar-refractivity contribution in [1.29, 1.82) is 0 Å². The van der Waals surface area contributed by atoms with Crippen molar-refractivity contribution in [2.24, 2.45) is 0 Å². The quantitative estimate of drug-likeness (QED) is 0.437. The lowest BCUT2D eigenvalue weighted by Crippen LogP contribution is -2.12. The van der Waals surface area contributed by atoms with Crippen LogP contribution in [0.2, 0.25) is 0 Å². The van der Waals surface area contributed by atoms with Gasteiger partial charge in [-0.3, -0.25) is 10.1 Å². The second kappa shape index (κ2) is 6.15. The summed E-state index contributed by atoms with van der Waals surface area (Å²) in [6.45, 7) is 4.17. The molecule has 94 valence electrons. The molecule has 0 amide bonds. The highest BCUT2D eigenvalue weighted by Gasteiger charge is 2.20. The summed E-state index contributed by atoms with van der Waals surface area (Å²) >= 11 is 0. The minimum atomic E-state index is -0.905. The molecule has 0 bridgehead atoms. The van der Waals surface area contributed by atoms with Crippen LogP contribution in [0, 0.1) is 15.9 Å². The fraction of sp³-hybridized carbons (Fsp3) is 0.455. The zero-order chi connectivity index (χ0) is 12.8. The van der Waals surface area contributed by atoms with Crippen LogP contribution in [-0.2, 0) is 4.74 Å². The van der Waals surface area contributed by atoms with E-state index in [1.165, 1.54) is 12.1 Å². The number of ether oxygens (including phenoxy) is 2. The van der Waals surface area contributed by atoms with E-state index >= 15 is 0 Å². The van der Waals surface area contributed by atoms with Gasteiger partial charge in [-0.25, -0.2) is 0 Å². The standard InChI is InChI=1S/C11H14FNO4/c1-8(2)16-6-7-17-10-5-3-4-9(12)11(10)13(14)15/h3-5,8H,6-7H2,1-2H3. The van der Waals surface area contributed by atoms with Crippen LogP contribution in [0.25, 0.3) is 0 Å². The lowest BCUT2D eigenvalue weighted by molar-refractivity contribution is -0.388. The van der Waals surface area contributed by atoms with Crippen molar-refractivity contribution in [3.63, 3.8) is 0 Å². The van der Waals surface area contributed by atoms with Crippen molar-refractivity contribution in [3.05, 3.63) is 34.1 Å². The zero-order valence-electron chi connectivity index (χ0n) is 9.68. The summed E-state index contributed by atoms with van der Waals surface area (Å²) in [6, 6.07) is 3.74. The molecule has 0 aromatic heterocycles. The number of hydrogen-bond donors (Lipinski definition) is 0. The molecule has 5 nitrogen and oxygen atoms in total. The van der Waals surface area contributed by atoms with Crippen molar-refractivity contribution >= 4 is 5.69 Å². The number of hydrogen-bond acceptors (Lipinski definition) is 4. The molecule has 0 spiro atoms. The molecule has 6 heteroatoms. The highest BCUT2D eigenvalue weighted by atomic mass is 19.1. The van der Waals surface area contributed by atoms with Gasteiger partial charge in [0.25, 0.3) is 0 Å². The van der Waals surface area contributed by atoms with E-state index < -0.39 is 16.4 Å². The topological polar surface area (TPSA) is 61.6 Å². The van der Waals surface area contributed by atoms with Gasteiger partial charge in [0, 0.05) is 0 Å². The molecular formula is C11H14FNO4. The second-order valence-electron chi connectivity index (χ2n) is 3.61. The summed E-state index contributed by atoms with van der Waals surface area (Å²) < 4.78 is 23.5. The Morgan fingerprint density at radius 1 is 1.41 bits per heavy atom. The summed E-state index contributed by atoms with van der Waals surface area (Å²) in [5, 5.41) is 10.6. The molecule has 0 fully saturated rings. The molecule has 0 aliphatic heterocycles. The Bertz CT molecular complexity index is 395. The lowest BCUT2D eigenvalue weighted by atomic mass is 10.3. The van der Waals surface area contributed by atoms with Gasteiger partial charge in [0.15, 0.2) is 5.75 Å². The van der Waals surface area contributed by atoms with Crippen molar-refractivity contribution in [3.8, 4) is 5.75 Å². The Morgan fingerprint density at radius 3 is 2.71 bits per heavy atom. The van der Waals surface area contributed by atoms with Crippen LogP contribution in [0.1, 0.15) is 13.8 Å². The van der Waals surface area contributed by atoms with Gasteiger partial charge in [0.05, 0.1) is 17.6 Å². The number of nitro groups is 1. The molecular weight excluding hydrogens is 229 g/mol. The van der Waals surface area contributed by atoms with E-state index in [-0.39, 0.29) is 18.5 Å². The van der Waals surface area contributed by atoms with Gasteiger partial charge in [-0.15, -0.1) is 0 Å². The van der Waals surface area contributed by atoms with Gasteiger partial charge in [0.1, 0.15) is 6.61 Å². The molecule has 0 atom stereocenters. The predicted molar refractivity (Wildman–Crippen MR) is 59.6 cm³/mol. The molecule has 0 unspecified atom stereocenters. The van der Waals surface area contributed by atoms with E-state index in [0.29, 0.717) is 6.61 Å². The molecule has 1 rings (SSSR count). The minimum Gasteiger partial charge on any atom is -0.484 e. The molecule has 0 heterocycles. The number of para-hydroxylation sites is 1. The van der Waals surface area contributed by atoms with Crippen molar-refractivity contribution < 1.29 is 18.8 Å². The summed E-state index contributed by atoms with van der Waals surface area (Å²) in [5.74, 6) is -0.986. The van der Waals surface area contributed by atoms with E-state index in [0.717, 1.165) is 6.07 Å². The molecule has 17 heavy (non-hydrogen) atoms. The molecule has 1 aromatic rings. The SMILES string of the molecule is CC(C)OCCOc1cccc(F)c1[N+](=O)[O-]. The normalized spacial score (nSPS) is 10.6. The Kier molecular flexibility index (Phi) is 4.84. The van der Waals surface area contributed by atoms with E-state index in [1.807, 2.05) is 13.8 Å². The Labute approximate surface area is 98.3 Å². The van der Waals surface area contributed by atoms with Crippen molar-refractivity contribution in [2.75, 3.05) is 13.2 Å². The molecule has 0 radical (unpaired) electrons. The maximum atomic E-state index is 13.2. The maximum Gasteiger partial charge on any atom is 0.346 e. The summed E-state index contributed by atoms with van der Waals surface area (Å²) in [7, 11) is 0. The maximum absolute atomic E-state index is 13.2. The van der Waals surface area contributed by atoms with Gasteiger partial charge in [-0.1, -0.05) is 6.07 Å². The third-order valence-electron chi connectivity index (χ3n) is 1.92. The van der Waals surface area contributed by atoms with Crippen LogP contribution in [0.15, 0.2) is 18.2 Å². The van der Waals surface area contributed by atoms with Gasteiger partial charge < -0.3 is 9.47 Å². The lowest BCUT2D eigenvalue weighted by Gasteiger charge is -2.09. The summed E-state index contributed by atoms with van der Waals surface area (Å²) in [5.41, 5.74) is -0.642. The Hall–Kier alpha value is -1.69. The van der Waals surface area contributed by atoms with Crippen LogP contribution < -0.4 is 4.74 Å². The molecule has 0 saturated carbocycles. The molecule has 0 N–H and O–H groups in total. The van der Waals surface area contributed by atoms with Crippen molar-refractivity contribution in [2.45, 2.75) is 20.0 Å². The van der Waals surface area contributed by atoms with Crippen LogP contribution in [0.5, 0.6) is 5.75 Å². The third-order valence-corrected chi connectivity index (χ3v) is 1.92. The van der Waals surface area contributed by atoms with Gasteiger partial charge >= 0.3 is 5.69 Å². The Morgan fingerprint density at radius 2 is 2.12 bits per heavy atom. The van der Waals surface area contributed by atoms with Crippen molar-refractivity contribution in [1.82, 2.24) is 0 Å². The first kappa shape index (κ1) is 13.4. The fourth-order valence-electron chi connectivity index (χ4n) is 1.22. The highest BCUT2D eigenvalue weighted by Crippen LogP contribution is 2.29. The van der Waals surface area contributed by atoms with E-state index in [1.54, 1.807) is 0 Å².